The number of carbonyl (C=O) groups is 2. The Morgan fingerprint density at radius 2 is 1.75 bits per heavy atom. The predicted octanol–water partition coefficient (Wildman–Crippen LogP) is 3.20. The number of benzene rings is 2. The first-order valence-electron chi connectivity index (χ1n) is 8.58. The molecule has 0 unspecified atom stereocenters. The van der Waals surface area contributed by atoms with E-state index in [9.17, 15) is 14.0 Å². The topological polar surface area (TPSA) is 65.1 Å². The molecule has 0 aliphatic carbocycles. The van der Waals surface area contributed by atoms with Gasteiger partial charge in [0.05, 0.1) is 26.4 Å². The SMILES string of the molecule is COC(=O)C1=C(C(=O)OC)N(c2cccc(-c3ccc(C)c(F)c3)c2)COC1. The van der Waals surface area contributed by atoms with Crippen LogP contribution in [0.5, 0.6) is 0 Å². The van der Waals surface area contributed by atoms with E-state index < -0.39 is 11.9 Å². The molecule has 6 nitrogen and oxygen atoms in total. The van der Waals surface area contributed by atoms with E-state index in [2.05, 4.69) is 0 Å². The zero-order chi connectivity index (χ0) is 20.3. The number of hydrogen-bond acceptors (Lipinski definition) is 6. The quantitative estimate of drug-likeness (QED) is 0.753. The molecule has 1 heterocycles. The molecule has 1 aliphatic heterocycles. The van der Waals surface area contributed by atoms with Crippen molar-refractivity contribution in [2.45, 2.75) is 6.92 Å². The average molecular weight is 385 g/mol. The maximum absolute atomic E-state index is 14.0. The number of halogens is 1. The summed E-state index contributed by atoms with van der Waals surface area (Å²) in [5.74, 6) is -1.63. The molecule has 0 saturated heterocycles. The van der Waals surface area contributed by atoms with Gasteiger partial charge < -0.3 is 19.1 Å². The Hall–Kier alpha value is -3.19. The summed E-state index contributed by atoms with van der Waals surface area (Å²) >= 11 is 0. The number of anilines is 1. The molecular formula is C21H20FNO5. The van der Waals surface area contributed by atoms with Crippen LogP contribution in [0.25, 0.3) is 11.1 Å². The van der Waals surface area contributed by atoms with Crippen LogP contribution in [-0.2, 0) is 23.8 Å². The lowest BCUT2D eigenvalue weighted by atomic mass is 10.0. The molecule has 0 bridgehead atoms. The highest BCUT2D eigenvalue weighted by atomic mass is 19.1. The minimum absolute atomic E-state index is 0.0522. The van der Waals surface area contributed by atoms with Crippen LogP contribution in [0.15, 0.2) is 53.7 Å². The fourth-order valence-electron chi connectivity index (χ4n) is 2.97. The minimum atomic E-state index is -0.671. The third-order valence-corrected chi connectivity index (χ3v) is 4.50. The molecule has 0 N–H and O–H groups in total. The fraction of sp³-hybridized carbons (Fsp3) is 0.238. The molecule has 3 rings (SSSR count). The highest BCUT2D eigenvalue weighted by Gasteiger charge is 2.32. The Kier molecular flexibility index (Phi) is 5.75. The van der Waals surface area contributed by atoms with Crippen molar-refractivity contribution in [1.29, 1.82) is 0 Å². The smallest absolute Gasteiger partial charge is 0.355 e. The van der Waals surface area contributed by atoms with E-state index in [1.807, 2.05) is 12.1 Å². The summed E-state index contributed by atoms with van der Waals surface area (Å²) in [6.07, 6.45) is 0. The molecule has 0 radical (unpaired) electrons. The van der Waals surface area contributed by atoms with Gasteiger partial charge in [0, 0.05) is 5.69 Å². The maximum Gasteiger partial charge on any atom is 0.355 e. The highest BCUT2D eigenvalue weighted by molar-refractivity contribution is 6.03. The second-order valence-corrected chi connectivity index (χ2v) is 6.23. The fourth-order valence-corrected chi connectivity index (χ4v) is 2.97. The summed E-state index contributed by atoms with van der Waals surface area (Å²) in [6, 6.07) is 12.2. The summed E-state index contributed by atoms with van der Waals surface area (Å²) in [5, 5.41) is 0. The number of nitrogens with zero attached hydrogens (tertiary/aromatic N) is 1. The van der Waals surface area contributed by atoms with E-state index in [0.717, 1.165) is 5.56 Å². The Morgan fingerprint density at radius 3 is 2.43 bits per heavy atom. The molecule has 0 aromatic heterocycles. The lowest BCUT2D eigenvalue weighted by molar-refractivity contribution is -0.140. The standard InChI is InChI=1S/C21H20FNO5/c1-13-7-8-15(10-18(13)22)14-5-4-6-16(9-14)23-12-28-11-17(20(24)26-2)19(23)21(25)27-3/h4-10H,11-12H2,1-3H3. The molecule has 7 heteroatoms. The zero-order valence-corrected chi connectivity index (χ0v) is 15.8. The Balaban J connectivity index is 2.07. The first kappa shape index (κ1) is 19.6. The number of esters is 2. The van der Waals surface area contributed by atoms with Crippen LogP contribution in [0.2, 0.25) is 0 Å². The highest BCUT2D eigenvalue weighted by Crippen LogP contribution is 2.31. The molecule has 0 amide bonds. The van der Waals surface area contributed by atoms with E-state index in [0.29, 0.717) is 16.8 Å². The van der Waals surface area contributed by atoms with Gasteiger partial charge in [-0.3, -0.25) is 0 Å². The minimum Gasteiger partial charge on any atom is -0.466 e. The average Bonchev–Trinajstić information content (AvgIpc) is 2.74. The number of methoxy groups -OCH3 is 2. The van der Waals surface area contributed by atoms with Crippen molar-refractivity contribution in [3.63, 3.8) is 0 Å². The molecule has 2 aromatic rings. The van der Waals surface area contributed by atoms with Crippen LogP contribution in [-0.4, -0.2) is 39.5 Å². The van der Waals surface area contributed by atoms with E-state index in [-0.39, 0.29) is 30.4 Å². The van der Waals surface area contributed by atoms with Gasteiger partial charge in [0.1, 0.15) is 18.2 Å². The van der Waals surface area contributed by atoms with Gasteiger partial charge in [-0.25, -0.2) is 14.0 Å². The lowest BCUT2D eigenvalue weighted by Gasteiger charge is -2.31. The van der Waals surface area contributed by atoms with Crippen molar-refractivity contribution in [2.75, 3.05) is 32.5 Å². The van der Waals surface area contributed by atoms with Gasteiger partial charge in [-0.15, -0.1) is 0 Å². The largest absolute Gasteiger partial charge is 0.466 e. The van der Waals surface area contributed by atoms with Gasteiger partial charge in [-0.1, -0.05) is 24.3 Å². The van der Waals surface area contributed by atoms with E-state index in [1.54, 1.807) is 31.2 Å². The van der Waals surface area contributed by atoms with Gasteiger partial charge in [0.15, 0.2) is 0 Å². The molecule has 0 spiro atoms. The number of aryl methyl sites for hydroxylation is 1. The van der Waals surface area contributed by atoms with Gasteiger partial charge >= 0.3 is 11.9 Å². The number of hydrogen-bond donors (Lipinski definition) is 0. The summed E-state index contributed by atoms with van der Waals surface area (Å²) in [5.41, 5.74) is 2.74. The van der Waals surface area contributed by atoms with Crippen LogP contribution in [0.3, 0.4) is 0 Å². The summed E-state index contributed by atoms with van der Waals surface area (Å²) < 4.78 is 29.1. The van der Waals surface area contributed by atoms with Crippen molar-refractivity contribution < 1.29 is 28.2 Å². The summed E-state index contributed by atoms with van der Waals surface area (Å²) in [4.78, 5) is 26.0. The maximum atomic E-state index is 14.0. The number of carbonyl (C=O) groups excluding carboxylic acids is 2. The Bertz CT molecular complexity index is 954. The monoisotopic (exact) mass is 385 g/mol. The Labute approximate surface area is 162 Å². The molecule has 1 aliphatic rings. The van der Waals surface area contributed by atoms with Crippen LogP contribution < -0.4 is 4.90 Å². The van der Waals surface area contributed by atoms with E-state index in [4.69, 9.17) is 14.2 Å². The van der Waals surface area contributed by atoms with Gasteiger partial charge in [0.2, 0.25) is 0 Å². The Morgan fingerprint density at radius 1 is 1.04 bits per heavy atom. The van der Waals surface area contributed by atoms with Crippen LogP contribution >= 0.6 is 0 Å². The number of ether oxygens (including phenoxy) is 3. The number of rotatable bonds is 4. The lowest BCUT2D eigenvalue weighted by Crippen LogP contribution is -2.38. The molecule has 2 aromatic carbocycles. The molecule has 0 saturated carbocycles. The van der Waals surface area contributed by atoms with Crippen molar-refractivity contribution in [3.8, 4) is 11.1 Å². The van der Waals surface area contributed by atoms with Crippen molar-refractivity contribution in [2.24, 2.45) is 0 Å². The van der Waals surface area contributed by atoms with Crippen LogP contribution in [0.1, 0.15) is 5.56 Å². The first-order chi connectivity index (χ1) is 13.5. The summed E-state index contributed by atoms with van der Waals surface area (Å²) in [6.45, 7) is 1.69. The molecule has 0 atom stereocenters. The van der Waals surface area contributed by atoms with E-state index in [1.165, 1.54) is 25.2 Å². The zero-order valence-electron chi connectivity index (χ0n) is 15.8. The van der Waals surface area contributed by atoms with E-state index >= 15 is 0 Å². The van der Waals surface area contributed by atoms with Crippen LogP contribution in [0.4, 0.5) is 10.1 Å². The molecular weight excluding hydrogens is 365 g/mol. The molecule has 28 heavy (non-hydrogen) atoms. The normalized spacial score (nSPS) is 14.1. The van der Waals surface area contributed by atoms with Gasteiger partial charge in [-0.05, 0) is 41.8 Å². The van der Waals surface area contributed by atoms with Gasteiger partial charge in [0.25, 0.3) is 0 Å². The predicted molar refractivity (Wildman–Crippen MR) is 101 cm³/mol. The molecule has 146 valence electrons. The summed E-state index contributed by atoms with van der Waals surface area (Å²) in [7, 11) is 2.47. The van der Waals surface area contributed by atoms with Gasteiger partial charge in [-0.2, -0.15) is 0 Å². The third kappa shape index (κ3) is 3.75. The van der Waals surface area contributed by atoms with Crippen molar-refractivity contribution >= 4 is 17.6 Å². The van der Waals surface area contributed by atoms with Crippen molar-refractivity contribution in [3.05, 3.63) is 65.1 Å². The second kappa shape index (κ2) is 8.22. The molecule has 0 fully saturated rings. The van der Waals surface area contributed by atoms with Crippen LogP contribution in [0, 0.1) is 12.7 Å². The van der Waals surface area contributed by atoms with Crippen molar-refractivity contribution in [1.82, 2.24) is 0 Å². The third-order valence-electron chi connectivity index (χ3n) is 4.50. The second-order valence-electron chi connectivity index (χ2n) is 6.23. The first-order valence-corrected chi connectivity index (χ1v) is 8.58.